The first-order valence-electron chi connectivity index (χ1n) is 5.01. The summed E-state index contributed by atoms with van der Waals surface area (Å²) in [6, 6.07) is 4.03. The molecule has 0 unspecified atom stereocenters. The van der Waals surface area contributed by atoms with Crippen LogP contribution in [0.5, 0.6) is 0 Å². The van der Waals surface area contributed by atoms with Gasteiger partial charge in [-0.05, 0) is 6.07 Å². The molecule has 0 atom stereocenters. The highest BCUT2D eigenvalue weighted by Crippen LogP contribution is 1.95. The van der Waals surface area contributed by atoms with Crippen LogP contribution in [0.3, 0.4) is 0 Å². The van der Waals surface area contributed by atoms with Crippen LogP contribution in [0.2, 0.25) is 0 Å². The molecule has 0 fully saturated rings. The van der Waals surface area contributed by atoms with Gasteiger partial charge in [0.1, 0.15) is 12.4 Å². The van der Waals surface area contributed by atoms with Gasteiger partial charge in [-0.2, -0.15) is 5.26 Å². The highest BCUT2D eigenvalue weighted by molar-refractivity contribution is 5.75. The maximum absolute atomic E-state index is 12.9. The molecule has 5 nitrogen and oxygen atoms in total. The molecular weight excluding hydrogens is 225 g/mol. The van der Waals surface area contributed by atoms with Gasteiger partial charge in [0.25, 0.3) is 5.56 Å². The van der Waals surface area contributed by atoms with Crippen molar-refractivity contribution >= 4 is 5.91 Å². The van der Waals surface area contributed by atoms with Crippen LogP contribution in [0.25, 0.3) is 0 Å². The molecule has 0 aliphatic heterocycles. The Balaban J connectivity index is 2.71. The molecular formula is C11H12FN3O2. The largest absolute Gasteiger partial charge is 0.343 e. The second kappa shape index (κ2) is 5.80. The highest BCUT2D eigenvalue weighted by Gasteiger charge is 2.10. The second-order valence-electron chi connectivity index (χ2n) is 3.54. The lowest BCUT2D eigenvalue weighted by molar-refractivity contribution is -0.130. The van der Waals surface area contributed by atoms with Crippen molar-refractivity contribution in [3.05, 3.63) is 34.5 Å². The molecule has 1 amide bonds. The quantitative estimate of drug-likeness (QED) is 0.759. The molecule has 1 aromatic rings. The molecule has 0 aliphatic carbocycles. The predicted molar refractivity (Wildman–Crippen MR) is 58.5 cm³/mol. The number of halogens is 1. The van der Waals surface area contributed by atoms with Crippen LogP contribution >= 0.6 is 0 Å². The number of aromatic nitrogens is 1. The average Bonchev–Trinajstić information content (AvgIpc) is 2.30. The molecule has 0 bridgehead atoms. The van der Waals surface area contributed by atoms with Crippen molar-refractivity contribution < 1.29 is 9.18 Å². The number of nitrogens with zero attached hydrogens (tertiary/aromatic N) is 3. The SMILES string of the molecule is CN(CCC#N)C(=O)Cn1cc(F)ccc1=O. The van der Waals surface area contributed by atoms with Crippen LogP contribution in [-0.2, 0) is 11.3 Å². The maximum Gasteiger partial charge on any atom is 0.251 e. The summed E-state index contributed by atoms with van der Waals surface area (Å²) >= 11 is 0. The zero-order valence-corrected chi connectivity index (χ0v) is 9.39. The minimum absolute atomic E-state index is 0.223. The maximum atomic E-state index is 12.9. The van der Waals surface area contributed by atoms with Crippen molar-refractivity contribution in [1.29, 1.82) is 5.26 Å². The minimum Gasteiger partial charge on any atom is -0.343 e. The fraction of sp³-hybridized carbons (Fsp3) is 0.364. The van der Waals surface area contributed by atoms with Gasteiger partial charge in [0, 0.05) is 25.9 Å². The molecule has 0 aliphatic rings. The van der Waals surface area contributed by atoms with E-state index in [4.69, 9.17) is 5.26 Å². The zero-order valence-electron chi connectivity index (χ0n) is 9.39. The van der Waals surface area contributed by atoms with Gasteiger partial charge in [0.15, 0.2) is 0 Å². The molecule has 0 radical (unpaired) electrons. The molecule has 90 valence electrons. The summed E-state index contributed by atoms with van der Waals surface area (Å²) in [4.78, 5) is 24.3. The average molecular weight is 237 g/mol. The van der Waals surface area contributed by atoms with E-state index in [0.29, 0.717) is 6.54 Å². The Bertz CT molecular complexity index is 504. The summed E-state index contributed by atoms with van der Waals surface area (Å²) in [5, 5.41) is 8.37. The zero-order chi connectivity index (χ0) is 12.8. The van der Waals surface area contributed by atoms with E-state index in [9.17, 15) is 14.0 Å². The Morgan fingerprint density at radius 1 is 1.59 bits per heavy atom. The number of carbonyl (C=O) groups is 1. The van der Waals surface area contributed by atoms with E-state index >= 15 is 0 Å². The molecule has 17 heavy (non-hydrogen) atoms. The van der Waals surface area contributed by atoms with E-state index in [-0.39, 0.29) is 18.9 Å². The van der Waals surface area contributed by atoms with Crippen molar-refractivity contribution in [1.82, 2.24) is 9.47 Å². The number of hydrogen-bond donors (Lipinski definition) is 0. The number of likely N-dealkylation sites (N-methyl/N-ethyl adjacent to an activating group) is 1. The number of rotatable bonds is 4. The van der Waals surface area contributed by atoms with Gasteiger partial charge in [-0.15, -0.1) is 0 Å². The lowest BCUT2D eigenvalue weighted by Gasteiger charge is -2.16. The van der Waals surface area contributed by atoms with Gasteiger partial charge < -0.3 is 9.47 Å². The predicted octanol–water partition coefficient (Wildman–Crippen LogP) is 0.359. The van der Waals surface area contributed by atoms with Crippen LogP contribution in [-0.4, -0.2) is 29.0 Å². The van der Waals surface area contributed by atoms with Crippen molar-refractivity contribution in [3.8, 4) is 6.07 Å². The smallest absolute Gasteiger partial charge is 0.251 e. The van der Waals surface area contributed by atoms with E-state index in [1.165, 1.54) is 11.9 Å². The summed E-state index contributed by atoms with van der Waals surface area (Å²) in [6.45, 7) is 0.0674. The van der Waals surface area contributed by atoms with Gasteiger partial charge in [-0.1, -0.05) is 0 Å². The van der Waals surface area contributed by atoms with Crippen LogP contribution in [0.15, 0.2) is 23.1 Å². The van der Waals surface area contributed by atoms with Gasteiger partial charge in [-0.25, -0.2) is 4.39 Å². The van der Waals surface area contributed by atoms with E-state index in [1.807, 2.05) is 6.07 Å². The number of carbonyl (C=O) groups excluding carboxylic acids is 1. The monoisotopic (exact) mass is 237 g/mol. The van der Waals surface area contributed by atoms with Gasteiger partial charge >= 0.3 is 0 Å². The lowest BCUT2D eigenvalue weighted by atomic mass is 10.4. The standard InChI is InChI=1S/C11H12FN3O2/c1-14(6-2-5-13)11(17)8-15-7-9(12)3-4-10(15)16/h3-4,7H,2,6,8H2,1H3. The Morgan fingerprint density at radius 2 is 2.29 bits per heavy atom. The summed E-state index contributed by atoms with van der Waals surface area (Å²) in [5.74, 6) is -0.912. The molecule has 0 N–H and O–H groups in total. The van der Waals surface area contributed by atoms with Crippen LogP contribution in [0, 0.1) is 17.1 Å². The first-order chi connectivity index (χ1) is 8.04. The Labute approximate surface area is 97.7 Å². The normalized spacial score (nSPS) is 9.71. The van der Waals surface area contributed by atoms with Gasteiger partial charge in [0.05, 0.1) is 12.5 Å². The third-order valence-corrected chi connectivity index (χ3v) is 2.24. The summed E-state index contributed by atoms with van der Waals surface area (Å²) in [7, 11) is 1.53. The molecule has 1 rings (SSSR count). The molecule has 0 spiro atoms. The van der Waals surface area contributed by atoms with E-state index in [2.05, 4.69) is 0 Å². The Kier molecular flexibility index (Phi) is 4.40. The molecule has 0 saturated heterocycles. The Morgan fingerprint density at radius 3 is 2.94 bits per heavy atom. The number of pyridine rings is 1. The molecule has 1 aromatic heterocycles. The number of hydrogen-bond acceptors (Lipinski definition) is 3. The highest BCUT2D eigenvalue weighted by atomic mass is 19.1. The first kappa shape index (κ1) is 12.9. The van der Waals surface area contributed by atoms with Gasteiger partial charge in [-0.3, -0.25) is 9.59 Å². The third-order valence-electron chi connectivity index (χ3n) is 2.24. The summed E-state index contributed by atoms with van der Waals surface area (Å²) in [6.07, 6.45) is 1.21. The van der Waals surface area contributed by atoms with E-state index in [1.54, 1.807) is 0 Å². The van der Waals surface area contributed by atoms with Crippen LogP contribution in [0.4, 0.5) is 4.39 Å². The van der Waals surface area contributed by atoms with Crippen molar-refractivity contribution in [2.75, 3.05) is 13.6 Å². The lowest BCUT2D eigenvalue weighted by Crippen LogP contribution is -2.34. The van der Waals surface area contributed by atoms with E-state index < -0.39 is 11.4 Å². The minimum atomic E-state index is -0.572. The molecule has 1 heterocycles. The topological polar surface area (TPSA) is 66.1 Å². The number of nitriles is 1. The van der Waals surface area contributed by atoms with Crippen LogP contribution in [0.1, 0.15) is 6.42 Å². The summed E-state index contributed by atoms with van der Waals surface area (Å²) < 4.78 is 13.9. The molecule has 6 heteroatoms. The fourth-order valence-electron chi connectivity index (χ4n) is 1.23. The first-order valence-corrected chi connectivity index (χ1v) is 5.01. The van der Waals surface area contributed by atoms with Crippen molar-refractivity contribution in [2.45, 2.75) is 13.0 Å². The molecule has 0 saturated carbocycles. The van der Waals surface area contributed by atoms with Crippen molar-refractivity contribution in [3.63, 3.8) is 0 Å². The van der Waals surface area contributed by atoms with E-state index in [0.717, 1.165) is 22.9 Å². The Hall–Kier alpha value is -2.16. The summed E-state index contributed by atoms with van der Waals surface area (Å²) in [5.41, 5.74) is -0.437. The van der Waals surface area contributed by atoms with Gasteiger partial charge in [0.2, 0.25) is 5.91 Å². The van der Waals surface area contributed by atoms with Crippen molar-refractivity contribution in [2.24, 2.45) is 0 Å². The second-order valence-corrected chi connectivity index (χ2v) is 3.54. The third kappa shape index (κ3) is 3.72. The molecule has 0 aromatic carbocycles. The number of amides is 1. The van der Waals surface area contributed by atoms with Crippen LogP contribution < -0.4 is 5.56 Å². The fourth-order valence-corrected chi connectivity index (χ4v) is 1.23.